The van der Waals surface area contributed by atoms with E-state index in [-0.39, 0.29) is 0 Å². The Labute approximate surface area is 111 Å². The molecule has 1 atom stereocenters. The summed E-state index contributed by atoms with van der Waals surface area (Å²) in [5.41, 5.74) is 2.60. The Hall–Kier alpha value is -1.39. The highest BCUT2D eigenvalue weighted by Gasteiger charge is 2.22. The van der Waals surface area contributed by atoms with Crippen molar-refractivity contribution in [3.8, 4) is 5.75 Å². The first-order valence-corrected chi connectivity index (χ1v) is 7.00. The van der Waals surface area contributed by atoms with Gasteiger partial charge in [0.1, 0.15) is 5.75 Å². The summed E-state index contributed by atoms with van der Waals surface area (Å²) in [6.45, 7) is 2.90. The zero-order valence-electron chi connectivity index (χ0n) is 10.3. The molecule has 0 saturated heterocycles. The normalized spacial score (nSPS) is 17.9. The summed E-state index contributed by atoms with van der Waals surface area (Å²) in [6, 6.07) is 6.10. The maximum atomic E-state index is 9.47. The fourth-order valence-electron chi connectivity index (χ4n) is 2.53. The molecule has 0 amide bonds. The van der Waals surface area contributed by atoms with Gasteiger partial charge in [-0.05, 0) is 43.0 Å². The molecule has 94 valence electrons. The molecule has 1 aliphatic carbocycles. The van der Waals surface area contributed by atoms with Crippen molar-refractivity contribution in [1.29, 1.82) is 0 Å². The number of thiazole rings is 1. The SMILES string of the molecule is Cc1ncc(CNC2CCc3cc(O)ccc32)s1. The number of nitrogens with zero attached hydrogens (tertiary/aromatic N) is 1. The van der Waals surface area contributed by atoms with Crippen molar-refractivity contribution in [3.05, 3.63) is 45.4 Å². The Morgan fingerprint density at radius 3 is 3.17 bits per heavy atom. The van der Waals surface area contributed by atoms with Crippen LogP contribution in [-0.4, -0.2) is 10.1 Å². The van der Waals surface area contributed by atoms with Gasteiger partial charge in [-0.2, -0.15) is 0 Å². The van der Waals surface area contributed by atoms with Crippen LogP contribution in [0.4, 0.5) is 0 Å². The molecule has 0 spiro atoms. The third kappa shape index (κ3) is 2.26. The van der Waals surface area contributed by atoms with Crippen LogP contribution in [-0.2, 0) is 13.0 Å². The summed E-state index contributed by atoms with van der Waals surface area (Å²) >= 11 is 1.74. The summed E-state index contributed by atoms with van der Waals surface area (Å²) in [5.74, 6) is 0.368. The number of aryl methyl sites for hydroxylation is 2. The second kappa shape index (κ2) is 4.71. The molecule has 0 radical (unpaired) electrons. The van der Waals surface area contributed by atoms with Gasteiger partial charge in [0.2, 0.25) is 0 Å². The highest BCUT2D eigenvalue weighted by Crippen LogP contribution is 2.33. The molecule has 1 aromatic carbocycles. The molecule has 18 heavy (non-hydrogen) atoms. The third-order valence-corrected chi connectivity index (χ3v) is 4.31. The molecule has 0 fully saturated rings. The van der Waals surface area contributed by atoms with Crippen LogP contribution in [0.25, 0.3) is 0 Å². The van der Waals surface area contributed by atoms with Gasteiger partial charge in [-0.3, -0.25) is 0 Å². The minimum absolute atomic E-state index is 0.368. The number of fused-ring (bicyclic) bond motifs is 1. The Bertz CT molecular complexity index is 565. The third-order valence-electron chi connectivity index (χ3n) is 3.40. The number of phenolic OH excluding ortho intramolecular Hbond substituents is 1. The predicted octanol–water partition coefficient (Wildman–Crippen LogP) is 2.93. The van der Waals surface area contributed by atoms with Crippen molar-refractivity contribution in [3.63, 3.8) is 0 Å². The van der Waals surface area contributed by atoms with E-state index in [2.05, 4.69) is 10.3 Å². The number of hydrogen-bond acceptors (Lipinski definition) is 4. The molecule has 2 aromatic rings. The fraction of sp³-hybridized carbons (Fsp3) is 0.357. The highest BCUT2D eigenvalue weighted by atomic mass is 32.1. The van der Waals surface area contributed by atoms with Gasteiger partial charge in [-0.1, -0.05) is 6.07 Å². The van der Waals surface area contributed by atoms with E-state index in [4.69, 9.17) is 0 Å². The van der Waals surface area contributed by atoms with E-state index in [9.17, 15) is 5.11 Å². The number of rotatable bonds is 3. The highest BCUT2D eigenvalue weighted by molar-refractivity contribution is 7.11. The molecule has 0 saturated carbocycles. The molecule has 3 rings (SSSR count). The first-order chi connectivity index (χ1) is 8.72. The van der Waals surface area contributed by atoms with Gasteiger partial charge in [0.15, 0.2) is 0 Å². The topological polar surface area (TPSA) is 45.2 Å². The molecule has 1 unspecified atom stereocenters. The van der Waals surface area contributed by atoms with Crippen LogP contribution in [0.15, 0.2) is 24.4 Å². The number of hydrogen-bond donors (Lipinski definition) is 2. The van der Waals surface area contributed by atoms with Crippen molar-refractivity contribution in [1.82, 2.24) is 10.3 Å². The molecule has 0 bridgehead atoms. The summed E-state index contributed by atoms with van der Waals surface area (Å²) in [6.07, 6.45) is 4.10. The van der Waals surface area contributed by atoms with E-state index in [1.54, 1.807) is 17.4 Å². The standard InChI is InChI=1S/C14H16N2OS/c1-9-15-7-12(18-9)8-16-14-5-2-10-6-11(17)3-4-13(10)14/h3-4,6-7,14,16-17H,2,5,8H2,1H3. The Balaban J connectivity index is 1.69. The molecule has 1 aliphatic rings. The van der Waals surface area contributed by atoms with Crippen molar-refractivity contribution in [2.75, 3.05) is 0 Å². The second-order valence-corrected chi connectivity index (χ2v) is 6.02. The van der Waals surface area contributed by atoms with Gasteiger partial charge in [-0.15, -0.1) is 11.3 Å². The van der Waals surface area contributed by atoms with Crippen molar-refractivity contribution >= 4 is 11.3 Å². The van der Waals surface area contributed by atoms with Gasteiger partial charge >= 0.3 is 0 Å². The van der Waals surface area contributed by atoms with Crippen LogP contribution in [0.2, 0.25) is 0 Å². The predicted molar refractivity (Wildman–Crippen MR) is 72.9 cm³/mol. The molecule has 2 N–H and O–H groups in total. The number of nitrogens with one attached hydrogen (secondary N) is 1. The van der Waals surface area contributed by atoms with Gasteiger partial charge in [0.25, 0.3) is 0 Å². The van der Waals surface area contributed by atoms with Gasteiger partial charge in [0.05, 0.1) is 5.01 Å². The lowest BCUT2D eigenvalue weighted by Crippen LogP contribution is -2.17. The molecular weight excluding hydrogens is 244 g/mol. The lowest BCUT2D eigenvalue weighted by molar-refractivity contribution is 0.474. The maximum Gasteiger partial charge on any atom is 0.115 e. The maximum absolute atomic E-state index is 9.47. The van der Waals surface area contributed by atoms with E-state index in [1.165, 1.54) is 16.0 Å². The zero-order chi connectivity index (χ0) is 12.5. The quantitative estimate of drug-likeness (QED) is 0.892. The minimum atomic E-state index is 0.368. The van der Waals surface area contributed by atoms with Gasteiger partial charge in [-0.25, -0.2) is 4.98 Å². The van der Waals surface area contributed by atoms with Crippen LogP contribution < -0.4 is 5.32 Å². The molecule has 4 heteroatoms. The van der Waals surface area contributed by atoms with Crippen molar-refractivity contribution in [2.45, 2.75) is 32.4 Å². The number of aromatic hydroxyl groups is 1. The van der Waals surface area contributed by atoms with Crippen LogP contribution in [0.3, 0.4) is 0 Å². The summed E-state index contributed by atoms with van der Waals surface area (Å²) in [5, 5.41) is 14.2. The number of phenols is 1. The monoisotopic (exact) mass is 260 g/mol. The molecule has 1 aromatic heterocycles. The lowest BCUT2D eigenvalue weighted by Gasteiger charge is -2.13. The second-order valence-electron chi connectivity index (χ2n) is 4.70. The van der Waals surface area contributed by atoms with Gasteiger partial charge < -0.3 is 10.4 Å². The summed E-state index contributed by atoms with van der Waals surface area (Å²) < 4.78 is 0. The number of benzene rings is 1. The smallest absolute Gasteiger partial charge is 0.115 e. The Morgan fingerprint density at radius 2 is 2.39 bits per heavy atom. The largest absolute Gasteiger partial charge is 0.508 e. The molecule has 0 aliphatic heterocycles. The van der Waals surface area contributed by atoms with Crippen LogP contribution >= 0.6 is 11.3 Å². The zero-order valence-corrected chi connectivity index (χ0v) is 11.1. The average Bonchev–Trinajstić information content (AvgIpc) is 2.92. The van der Waals surface area contributed by atoms with E-state index in [1.807, 2.05) is 25.3 Å². The lowest BCUT2D eigenvalue weighted by atomic mass is 10.1. The summed E-state index contributed by atoms with van der Waals surface area (Å²) in [4.78, 5) is 5.54. The Morgan fingerprint density at radius 1 is 1.50 bits per heavy atom. The average molecular weight is 260 g/mol. The molecule has 1 heterocycles. The van der Waals surface area contributed by atoms with Crippen molar-refractivity contribution < 1.29 is 5.11 Å². The van der Waals surface area contributed by atoms with Gasteiger partial charge in [0, 0.05) is 23.7 Å². The van der Waals surface area contributed by atoms with E-state index in [0.29, 0.717) is 11.8 Å². The first kappa shape index (κ1) is 11.7. The van der Waals surface area contributed by atoms with E-state index < -0.39 is 0 Å². The van der Waals surface area contributed by atoms with E-state index in [0.717, 1.165) is 24.4 Å². The fourth-order valence-corrected chi connectivity index (χ4v) is 3.27. The van der Waals surface area contributed by atoms with Crippen LogP contribution in [0.1, 0.15) is 33.5 Å². The molecular formula is C14H16N2OS. The molecule has 3 nitrogen and oxygen atoms in total. The van der Waals surface area contributed by atoms with E-state index >= 15 is 0 Å². The first-order valence-electron chi connectivity index (χ1n) is 6.19. The van der Waals surface area contributed by atoms with Crippen LogP contribution in [0.5, 0.6) is 5.75 Å². The van der Waals surface area contributed by atoms with Crippen LogP contribution in [0, 0.1) is 6.92 Å². The van der Waals surface area contributed by atoms with Crippen molar-refractivity contribution in [2.24, 2.45) is 0 Å². The number of aromatic nitrogens is 1. The Kier molecular flexibility index (Phi) is 3.06. The summed E-state index contributed by atoms with van der Waals surface area (Å²) in [7, 11) is 0. The minimum Gasteiger partial charge on any atom is -0.508 e.